The first kappa shape index (κ1) is 19.0. The monoisotopic (exact) mass is 388 g/mol. The van der Waals surface area contributed by atoms with E-state index in [1.54, 1.807) is 0 Å². The summed E-state index contributed by atoms with van der Waals surface area (Å²) in [4.78, 5) is 12.4. The standard InChI is InChI=1S/C21H21ClN2O.ClH/c22-16-9-7-15(8-10-16)14-23-12-11-17-18-4-3-6-20(25)21(18)24-13-2-1-5-19(17)24;/h1-2,5,7-10,13,23H,3-4,6,11-12,14H2;1H. The van der Waals surface area contributed by atoms with Gasteiger partial charge < -0.3 is 9.72 Å². The lowest BCUT2D eigenvalue weighted by Crippen LogP contribution is -2.18. The molecule has 3 aromatic rings. The summed E-state index contributed by atoms with van der Waals surface area (Å²) in [7, 11) is 0. The van der Waals surface area contributed by atoms with Crippen LogP contribution < -0.4 is 5.32 Å². The molecular weight excluding hydrogens is 367 g/mol. The Kier molecular flexibility index (Phi) is 6.02. The molecule has 2 heterocycles. The minimum atomic E-state index is 0. The maximum absolute atomic E-state index is 12.4. The van der Waals surface area contributed by atoms with Gasteiger partial charge >= 0.3 is 0 Å². The number of fused-ring (bicyclic) bond motifs is 3. The van der Waals surface area contributed by atoms with Crippen molar-refractivity contribution in [3.8, 4) is 0 Å². The summed E-state index contributed by atoms with van der Waals surface area (Å²) in [5.41, 5.74) is 5.90. The molecule has 2 aromatic heterocycles. The molecule has 0 unspecified atom stereocenters. The normalized spacial score (nSPS) is 13.5. The molecule has 0 amide bonds. The summed E-state index contributed by atoms with van der Waals surface area (Å²) in [6.45, 7) is 1.71. The van der Waals surface area contributed by atoms with E-state index in [9.17, 15) is 4.79 Å². The van der Waals surface area contributed by atoms with Gasteiger partial charge in [-0.2, -0.15) is 0 Å². The van der Waals surface area contributed by atoms with Gasteiger partial charge in [-0.25, -0.2) is 0 Å². The van der Waals surface area contributed by atoms with Crippen LogP contribution in [0, 0.1) is 0 Å². The zero-order valence-corrected chi connectivity index (χ0v) is 16.1. The minimum absolute atomic E-state index is 0. The van der Waals surface area contributed by atoms with Crippen LogP contribution in [0.3, 0.4) is 0 Å². The fourth-order valence-corrected chi connectivity index (χ4v) is 3.90. The number of hydrogen-bond donors (Lipinski definition) is 1. The molecule has 1 N–H and O–H groups in total. The van der Waals surface area contributed by atoms with Crippen LogP contribution in [-0.4, -0.2) is 16.7 Å². The van der Waals surface area contributed by atoms with Crippen molar-refractivity contribution >= 4 is 35.3 Å². The number of ketones is 1. The number of rotatable bonds is 5. The quantitative estimate of drug-likeness (QED) is 0.632. The maximum Gasteiger partial charge on any atom is 0.179 e. The average molecular weight is 389 g/mol. The lowest BCUT2D eigenvalue weighted by Gasteiger charge is -2.12. The molecule has 1 aliphatic carbocycles. The highest BCUT2D eigenvalue weighted by atomic mass is 35.5. The topological polar surface area (TPSA) is 33.5 Å². The SMILES string of the molecule is Cl.O=C1CCCc2c(CCNCc3ccc(Cl)cc3)c3ccccn3c21. The second-order valence-corrected chi connectivity index (χ2v) is 7.03. The third-order valence-electron chi connectivity index (χ3n) is 4.95. The number of carbonyl (C=O) groups excluding carboxylic acids is 1. The molecule has 4 rings (SSSR count). The molecule has 0 atom stereocenters. The number of pyridine rings is 1. The number of aromatic nitrogens is 1. The van der Waals surface area contributed by atoms with E-state index in [4.69, 9.17) is 11.6 Å². The molecule has 5 heteroatoms. The van der Waals surface area contributed by atoms with Crippen molar-refractivity contribution in [1.82, 2.24) is 9.72 Å². The summed E-state index contributed by atoms with van der Waals surface area (Å²) in [5.74, 6) is 0.280. The number of benzene rings is 1. The van der Waals surface area contributed by atoms with Gasteiger partial charge in [-0.3, -0.25) is 4.79 Å². The highest BCUT2D eigenvalue weighted by Gasteiger charge is 2.25. The molecule has 1 aliphatic rings. The van der Waals surface area contributed by atoms with E-state index >= 15 is 0 Å². The van der Waals surface area contributed by atoms with Crippen molar-refractivity contribution in [1.29, 1.82) is 0 Å². The number of carbonyl (C=O) groups is 1. The van der Waals surface area contributed by atoms with Crippen LogP contribution in [0.5, 0.6) is 0 Å². The van der Waals surface area contributed by atoms with Gasteiger partial charge in [0.2, 0.25) is 0 Å². The van der Waals surface area contributed by atoms with Crippen LogP contribution in [-0.2, 0) is 19.4 Å². The lowest BCUT2D eigenvalue weighted by molar-refractivity contribution is 0.0966. The van der Waals surface area contributed by atoms with Gasteiger partial charge in [0.1, 0.15) is 0 Å². The van der Waals surface area contributed by atoms with E-state index in [0.29, 0.717) is 6.42 Å². The predicted molar refractivity (Wildman–Crippen MR) is 109 cm³/mol. The van der Waals surface area contributed by atoms with Gasteiger partial charge in [-0.15, -0.1) is 12.4 Å². The molecule has 1 aromatic carbocycles. The maximum atomic E-state index is 12.4. The van der Waals surface area contributed by atoms with Crippen molar-refractivity contribution in [3.05, 3.63) is 76.1 Å². The van der Waals surface area contributed by atoms with Crippen LogP contribution in [0.4, 0.5) is 0 Å². The Morgan fingerprint density at radius 2 is 1.88 bits per heavy atom. The molecule has 3 nitrogen and oxygen atoms in total. The van der Waals surface area contributed by atoms with Gasteiger partial charge in [0.25, 0.3) is 0 Å². The van der Waals surface area contributed by atoms with Crippen LogP contribution in [0.2, 0.25) is 5.02 Å². The molecule has 0 radical (unpaired) electrons. The predicted octanol–water partition coefficient (Wildman–Crippen LogP) is 4.87. The fraction of sp³-hybridized carbons (Fsp3) is 0.286. The Labute approximate surface area is 164 Å². The van der Waals surface area contributed by atoms with E-state index in [-0.39, 0.29) is 18.2 Å². The van der Waals surface area contributed by atoms with Gasteiger partial charge in [0.05, 0.1) is 5.69 Å². The Morgan fingerprint density at radius 3 is 2.69 bits per heavy atom. The van der Waals surface area contributed by atoms with Gasteiger partial charge in [-0.05, 0) is 66.8 Å². The third kappa shape index (κ3) is 3.66. The third-order valence-corrected chi connectivity index (χ3v) is 5.20. The van der Waals surface area contributed by atoms with Gasteiger partial charge in [0.15, 0.2) is 5.78 Å². The zero-order chi connectivity index (χ0) is 17.2. The first-order valence-corrected chi connectivity index (χ1v) is 9.21. The largest absolute Gasteiger partial charge is 0.313 e. The Bertz CT molecular complexity index is 916. The second-order valence-electron chi connectivity index (χ2n) is 6.59. The molecule has 0 fully saturated rings. The van der Waals surface area contributed by atoms with Gasteiger partial charge in [-0.1, -0.05) is 29.8 Å². The molecule has 26 heavy (non-hydrogen) atoms. The number of nitrogens with zero attached hydrogens (tertiary/aromatic N) is 1. The van der Waals surface area contributed by atoms with Crippen LogP contribution in [0.1, 0.15) is 40.0 Å². The molecular formula is C21H22Cl2N2O. The number of Topliss-reactive ketones (excluding diaryl/α,β-unsaturated/α-hetero) is 1. The van der Waals surface area contributed by atoms with Crippen molar-refractivity contribution in [2.24, 2.45) is 0 Å². The fourth-order valence-electron chi connectivity index (χ4n) is 3.77. The van der Waals surface area contributed by atoms with Crippen molar-refractivity contribution in [3.63, 3.8) is 0 Å². The van der Waals surface area contributed by atoms with Gasteiger partial charge in [0, 0.05) is 29.7 Å². The van der Waals surface area contributed by atoms with E-state index in [2.05, 4.69) is 21.9 Å². The average Bonchev–Trinajstić information content (AvgIpc) is 2.95. The number of hydrogen-bond acceptors (Lipinski definition) is 2. The Hall–Kier alpha value is -1.81. The minimum Gasteiger partial charge on any atom is -0.313 e. The van der Waals surface area contributed by atoms with E-state index in [1.807, 2.05) is 36.5 Å². The smallest absolute Gasteiger partial charge is 0.179 e. The molecule has 0 spiro atoms. The van der Waals surface area contributed by atoms with Crippen LogP contribution in [0.25, 0.3) is 5.52 Å². The van der Waals surface area contributed by atoms with Crippen LogP contribution >= 0.6 is 24.0 Å². The molecule has 0 aliphatic heterocycles. The molecule has 0 bridgehead atoms. The first-order valence-electron chi connectivity index (χ1n) is 8.83. The van der Waals surface area contributed by atoms with Crippen molar-refractivity contribution in [2.75, 3.05) is 6.54 Å². The Morgan fingerprint density at radius 1 is 1.08 bits per heavy atom. The Balaban J connectivity index is 0.00000196. The van der Waals surface area contributed by atoms with E-state index in [0.717, 1.165) is 43.1 Å². The first-order chi connectivity index (χ1) is 12.2. The summed E-state index contributed by atoms with van der Waals surface area (Å²) in [5, 5.41) is 4.27. The summed E-state index contributed by atoms with van der Waals surface area (Å²) >= 11 is 5.92. The highest BCUT2D eigenvalue weighted by Crippen LogP contribution is 2.30. The second kappa shape index (κ2) is 8.26. The van der Waals surface area contributed by atoms with Crippen molar-refractivity contribution in [2.45, 2.75) is 32.2 Å². The summed E-state index contributed by atoms with van der Waals surface area (Å²) in [6, 6.07) is 14.1. The summed E-state index contributed by atoms with van der Waals surface area (Å²) < 4.78 is 2.09. The van der Waals surface area contributed by atoms with Crippen LogP contribution in [0.15, 0.2) is 48.7 Å². The van der Waals surface area contributed by atoms with Crippen molar-refractivity contribution < 1.29 is 4.79 Å². The number of nitrogens with one attached hydrogen (secondary N) is 1. The zero-order valence-electron chi connectivity index (χ0n) is 14.5. The lowest BCUT2D eigenvalue weighted by atomic mass is 9.92. The molecule has 136 valence electrons. The summed E-state index contributed by atoms with van der Waals surface area (Å²) in [6.07, 6.45) is 5.59. The van der Waals surface area contributed by atoms with E-state index < -0.39 is 0 Å². The molecule has 0 saturated carbocycles. The molecule has 0 saturated heterocycles. The van der Waals surface area contributed by atoms with E-state index in [1.165, 1.54) is 22.2 Å². The highest BCUT2D eigenvalue weighted by molar-refractivity contribution is 6.30. The number of halogens is 2.